The molecule has 0 fully saturated rings. The number of aromatic nitrogens is 2. The van der Waals surface area contributed by atoms with E-state index < -0.39 is 8.07 Å². The monoisotopic (exact) mass is 314 g/mol. The second-order valence-electron chi connectivity index (χ2n) is 6.62. The van der Waals surface area contributed by atoms with Gasteiger partial charge in [0, 0.05) is 21.1 Å². The van der Waals surface area contributed by atoms with Crippen LogP contribution in [0.2, 0.25) is 25.7 Å². The molecule has 0 saturated carbocycles. The van der Waals surface area contributed by atoms with E-state index in [0.717, 1.165) is 37.7 Å². The fourth-order valence-electron chi connectivity index (χ4n) is 2.11. The van der Waals surface area contributed by atoms with E-state index in [9.17, 15) is 10.2 Å². The van der Waals surface area contributed by atoms with Gasteiger partial charge in [-0.3, -0.25) is 0 Å². The summed E-state index contributed by atoms with van der Waals surface area (Å²) in [6.45, 7) is 9.99. The van der Waals surface area contributed by atoms with Crippen LogP contribution in [0.3, 0.4) is 0 Å². The molecule has 1 aromatic heterocycles. The summed E-state index contributed by atoms with van der Waals surface area (Å²) >= 11 is 0. The Hall–Kier alpha value is -0.693. The predicted molar refractivity (Wildman–Crippen MR) is 86.8 cm³/mol. The number of nitrogens with zero attached hydrogens (tertiary/aromatic N) is 2. The Bertz CT molecular complexity index is 427. The lowest BCUT2D eigenvalue weighted by molar-refractivity contribution is 0.0797. The second kappa shape index (κ2) is 8.68. The molecule has 0 radical (unpaired) electrons. The maximum absolute atomic E-state index is 9.53. The number of aliphatic hydroxyl groups is 2. The standard InChI is InChI=1S/C15H30N2O3Si/c1-5-6-7-15-16-13(10-18)14(11-19)17(15)12-20-8-9-21(2,3)4/h18-19H,5-12H2,1-4H3. The molecule has 0 saturated heterocycles. The number of hydrogen-bond donors (Lipinski definition) is 2. The molecule has 0 aliphatic rings. The average molecular weight is 315 g/mol. The topological polar surface area (TPSA) is 67.5 Å². The molecule has 21 heavy (non-hydrogen) atoms. The van der Waals surface area contributed by atoms with Crippen molar-refractivity contribution in [2.24, 2.45) is 0 Å². The van der Waals surface area contributed by atoms with Crippen LogP contribution < -0.4 is 0 Å². The fourth-order valence-corrected chi connectivity index (χ4v) is 2.86. The Morgan fingerprint density at radius 1 is 1.19 bits per heavy atom. The molecule has 1 heterocycles. The number of imidazole rings is 1. The largest absolute Gasteiger partial charge is 0.390 e. The molecule has 0 unspecified atom stereocenters. The zero-order valence-electron chi connectivity index (χ0n) is 13.9. The van der Waals surface area contributed by atoms with E-state index in [1.54, 1.807) is 0 Å². The van der Waals surface area contributed by atoms with Crippen LogP contribution in [0.5, 0.6) is 0 Å². The van der Waals surface area contributed by atoms with Crippen molar-refractivity contribution in [3.63, 3.8) is 0 Å². The maximum atomic E-state index is 9.53. The SMILES string of the molecule is CCCCc1nc(CO)c(CO)n1COCC[Si](C)(C)C. The van der Waals surface area contributed by atoms with Gasteiger partial charge < -0.3 is 19.5 Å². The molecule has 2 N–H and O–H groups in total. The van der Waals surface area contributed by atoms with Gasteiger partial charge in [0.2, 0.25) is 0 Å². The van der Waals surface area contributed by atoms with Crippen molar-refractivity contribution in [3.8, 4) is 0 Å². The lowest BCUT2D eigenvalue weighted by Gasteiger charge is -2.17. The molecule has 0 aliphatic heterocycles. The van der Waals surface area contributed by atoms with Gasteiger partial charge in [-0.05, 0) is 12.5 Å². The Balaban J connectivity index is 2.74. The molecule has 1 aromatic rings. The van der Waals surface area contributed by atoms with E-state index in [-0.39, 0.29) is 13.2 Å². The number of unbranched alkanes of at least 4 members (excludes halogenated alkanes) is 1. The molecule has 1 rings (SSSR count). The quantitative estimate of drug-likeness (QED) is 0.514. The summed E-state index contributed by atoms with van der Waals surface area (Å²) in [6.07, 6.45) is 2.98. The molecule has 0 amide bonds. The Morgan fingerprint density at radius 3 is 2.43 bits per heavy atom. The second-order valence-corrected chi connectivity index (χ2v) is 12.2. The summed E-state index contributed by atoms with van der Waals surface area (Å²) in [6, 6.07) is 1.12. The first kappa shape index (κ1) is 18.4. The zero-order chi connectivity index (χ0) is 15.9. The Kier molecular flexibility index (Phi) is 7.59. The van der Waals surface area contributed by atoms with Crippen LogP contribution in [0.1, 0.15) is 37.0 Å². The van der Waals surface area contributed by atoms with Crippen LogP contribution in [-0.4, -0.2) is 34.4 Å². The van der Waals surface area contributed by atoms with Gasteiger partial charge in [-0.1, -0.05) is 33.0 Å². The molecular formula is C15H30N2O3Si. The van der Waals surface area contributed by atoms with E-state index >= 15 is 0 Å². The van der Waals surface area contributed by atoms with E-state index in [4.69, 9.17) is 4.74 Å². The highest BCUT2D eigenvalue weighted by molar-refractivity contribution is 6.76. The lowest BCUT2D eigenvalue weighted by atomic mass is 10.2. The van der Waals surface area contributed by atoms with Crippen molar-refractivity contribution in [1.82, 2.24) is 9.55 Å². The van der Waals surface area contributed by atoms with E-state index in [2.05, 4.69) is 31.5 Å². The smallest absolute Gasteiger partial charge is 0.124 e. The van der Waals surface area contributed by atoms with Crippen molar-refractivity contribution in [2.75, 3.05) is 6.61 Å². The Labute approximate surface area is 129 Å². The number of aliphatic hydroxyl groups excluding tert-OH is 2. The molecule has 5 nitrogen and oxygen atoms in total. The van der Waals surface area contributed by atoms with Gasteiger partial charge in [0.05, 0.1) is 24.6 Å². The summed E-state index contributed by atoms with van der Waals surface area (Å²) in [5.41, 5.74) is 1.24. The highest BCUT2D eigenvalue weighted by Crippen LogP contribution is 2.16. The molecular weight excluding hydrogens is 284 g/mol. The maximum Gasteiger partial charge on any atom is 0.124 e. The molecule has 0 atom stereocenters. The van der Waals surface area contributed by atoms with Gasteiger partial charge in [-0.25, -0.2) is 4.98 Å². The van der Waals surface area contributed by atoms with Gasteiger partial charge in [0.1, 0.15) is 12.6 Å². The molecule has 0 spiro atoms. The third-order valence-corrected chi connectivity index (χ3v) is 5.21. The predicted octanol–water partition coefficient (Wildman–Crippen LogP) is 2.52. The summed E-state index contributed by atoms with van der Waals surface area (Å²) in [4.78, 5) is 4.45. The van der Waals surface area contributed by atoms with Crippen LogP contribution in [0.15, 0.2) is 0 Å². The first-order valence-electron chi connectivity index (χ1n) is 7.79. The average Bonchev–Trinajstić information content (AvgIpc) is 2.77. The lowest BCUT2D eigenvalue weighted by Crippen LogP contribution is -2.22. The van der Waals surface area contributed by atoms with Gasteiger partial charge in [-0.15, -0.1) is 0 Å². The molecule has 122 valence electrons. The fraction of sp³-hybridized carbons (Fsp3) is 0.800. The third-order valence-electron chi connectivity index (χ3n) is 3.50. The van der Waals surface area contributed by atoms with Crippen molar-refractivity contribution in [1.29, 1.82) is 0 Å². The van der Waals surface area contributed by atoms with E-state index in [1.807, 2.05) is 4.57 Å². The number of aryl methyl sites for hydroxylation is 1. The van der Waals surface area contributed by atoms with Gasteiger partial charge in [0.15, 0.2) is 0 Å². The van der Waals surface area contributed by atoms with Crippen molar-refractivity contribution < 1.29 is 14.9 Å². The van der Waals surface area contributed by atoms with E-state index in [1.165, 1.54) is 0 Å². The number of ether oxygens (including phenoxy) is 1. The zero-order valence-corrected chi connectivity index (χ0v) is 14.9. The minimum Gasteiger partial charge on any atom is -0.390 e. The van der Waals surface area contributed by atoms with E-state index in [0.29, 0.717) is 18.1 Å². The number of rotatable bonds is 10. The summed E-state index contributed by atoms with van der Waals surface area (Å²) in [5.74, 6) is 0.901. The normalized spacial score (nSPS) is 12.1. The summed E-state index contributed by atoms with van der Waals surface area (Å²) in [7, 11) is -1.09. The van der Waals surface area contributed by atoms with Crippen LogP contribution in [0, 0.1) is 0 Å². The van der Waals surface area contributed by atoms with Crippen LogP contribution in [0.4, 0.5) is 0 Å². The summed E-state index contributed by atoms with van der Waals surface area (Å²) < 4.78 is 7.70. The highest BCUT2D eigenvalue weighted by Gasteiger charge is 2.16. The van der Waals surface area contributed by atoms with Crippen LogP contribution >= 0.6 is 0 Å². The minimum atomic E-state index is -1.09. The number of hydrogen-bond acceptors (Lipinski definition) is 4. The summed E-state index contributed by atoms with van der Waals surface area (Å²) in [5, 5.41) is 18.9. The van der Waals surface area contributed by atoms with Crippen molar-refractivity contribution in [3.05, 3.63) is 17.2 Å². The van der Waals surface area contributed by atoms with Gasteiger partial charge >= 0.3 is 0 Å². The van der Waals surface area contributed by atoms with Crippen molar-refractivity contribution in [2.45, 2.75) is 71.8 Å². The first-order valence-corrected chi connectivity index (χ1v) is 11.5. The molecule has 0 bridgehead atoms. The first-order chi connectivity index (χ1) is 9.92. The van der Waals surface area contributed by atoms with Crippen molar-refractivity contribution >= 4 is 8.07 Å². The molecule has 0 aromatic carbocycles. The third kappa shape index (κ3) is 5.90. The van der Waals surface area contributed by atoms with Gasteiger partial charge in [0.25, 0.3) is 0 Å². The molecule has 0 aliphatic carbocycles. The van der Waals surface area contributed by atoms with Gasteiger partial charge in [-0.2, -0.15) is 0 Å². The minimum absolute atomic E-state index is 0.119. The highest BCUT2D eigenvalue weighted by atomic mass is 28.3. The molecule has 6 heteroatoms. The van der Waals surface area contributed by atoms with Crippen LogP contribution in [-0.2, 0) is 31.1 Å². The van der Waals surface area contributed by atoms with Crippen LogP contribution in [0.25, 0.3) is 0 Å². The Morgan fingerprint density at radius 2 is 1.90 bits per heavy atom.